The summed E-state index contributed by atoms with van der Waals surface area (Å²) in [6.07, 6.45) is 13.1. The molecule has 6 aromatic carbocycles. The number of benzene rings is 6. The van der Waals surface area contributed by atoms with E-state index in [1.807, 2.05) is 0 Å². The highest BCUT2D eigenvalue weighted by atomic mass is 35.5. The van der Waals surface area contributed by atoms with Crippen molar-refractivity contribution in [2.75, 3.05) is 4.90 Å². The number of hydrogen-bond acceptors (Lipinski definition) is 2. The van der Waals surface area contributed by atoms with E-state index in [0.29, 0.717) is 6.54 Å². The molecule has 0 unspecified atom stereocenters. The highest BCUT2D eigenvalue weighted by Crippen LogP contribution is 2.51. The Morgan fingerprint density at radius 3 is 2.09 bits per heavy atom. The quantitative estimate of drug-likeness (QED) is 0.127. The van der Waals surface area contributed by atoms with Crippen molar-refractivity contribution in [3.8, 4) is 0 Å². The smallest absolute Gasteiger partial charge is 0.0643 e. The summed E-state index contributed by atoms with van der Waals surface area (Å²) >= 11 is 7.43. The predicted molar refractivity (Wildman–Crippen MR) is 246 cm³/mol. The third-order valence-corrected chi connectivity index (χ3v) is 12.7. The fraction of sp³-hybridized carbons (Fsp3) is 0.241. The van der Waals surface area contributed by atoms with Gasteiger partial charge in [-0.15, -0.1) is 0 Å². The van der Waals surface area contributed by atoms with Crippen LogP contribution in [0.3, 0.4) is 0 Å². The van der Waals surface area contributed by atoms with Crippen molar-refractivity contribution in [2.45, 2.75) is 84.2 Å². The monoisotopic (exact) mass is 764 g/mol. The van der Waals surface area contributed by atoms with Crippen LogP contribution >= 0.6 is 11.6 Å². The molecular formula is C54H53ClN2. The number of fused-ring (bicyclic) bond motifs is 4. The first-order chi connectivity index (χ1) is 27.7. The third-order valence-electron chi connectivity index (χ3n) is 12.2. The maximum Gasteiger partial charge on any atom is 0.0643 e. The van der Waals surface area contributed by atoms with Crippen LogP contribution in [-0.2, 0) is 30.3 Å². The molecule has 1 aliphatic carbocycles. The summed E-state index contributed by atoms with van der Waals surface area (Å²) in [4.78, 5) is 7.89. The summed E-state index contributed by atoms with van der Waals surface area (Å²) in [5, 5.41) is 6.01. The highest BCUT2D eigenvalue weighted by Gasteiger charge is 2.41. The summed E-state index contributed by atoms with van der Waals surface area (Å²) in [7, 11) is 0. The van der Waals surface area contributed by atoms with Gasteiger partial charge in [0.1, 0.15) is 0 Å². The van der Waals surface area contributed by atoms with Crippen LogP contribution in [0.25, 0.3) is 21.5 Å². The lowest BCUT2D eigenvalue weighted by atomic mass is 9.74. The van der Waals surface area contributed by atoms with E-state index in [1.54, 1.807) is 0 Å². The van der Waals surface area contributed by atoms with E-state index in [1.165, 1.54) is 71.9 Å². The lowest BCUT2D eigenvalue weighted by Crippen LogP contribution is -2.30. The van der Waals surface area contributed by atoms with E-state index >= 15 is 0 Å². The molecule has 2 aliphatic rings. The minimum atomic E-state index is -0.349. The van der Waals surface area contributed by atoms with Gasteiger partial charge in [-0.2, -0.15) is 0 Å². The van der Waals surface area contributed by atoms with Crippen LogP contribution in [0.4, 0.5) is 5.69 Å². The average molecular weight is 765 g/mol. The van der Waals surface area contributed by atoms with Gasteiger partial charge in [-0.05, 0) is 104 Å². The standard InChI is InChI=1S/C54H53ClN2/c1-6-40-28-29-41-22-13-15-26-45(41)50(40)53(2,3)48(56-36-38-18-9-7-10-19-38)34-31-43-24-17-25-44(52(43)55)32-35-49-54(4,5)51-46-27-16-14-23-42(46)30-33-47(51)57(49)37-39-20-11-8-12-21-39/h7-16,18-23,26-35H,6,17,24-25,36-37H2,1-5H3/b34-31+,44-32+,49-35+,56-48+. The minimum Gasteiger partial charge on any atom is -0.340 e. The molecule has 0 bridgehead atoms. The zero-order valence-electron chi connectivity index (χ0n) is 34.0. The van der Waals surface area contributed by atoms with Gasteiger partial charge in [0, 0.05) is 39.5 Å². The second-order valence-corrected chi connectivity index (χ2v) is 17.0. The Hall–Kier alpha value is -5.44. The maximum atomic E-state index is 7.43. The van der Waals surface area contributed by atoms with Crippen LogP contribution in [0.1, 0.15) is 81.7 Å². The molecule has 0 amide bonds. The van der Waals surface area contributed by atoms with Crippen molar-refractivity contribution in [3.05, 3.63) is 207 Å². The highest BCUT2D eigenvalue weighted by molar-refractivity contribution is 6.32. The van der Waals surface area contributed by atoms with Gasteiger partial charge in [0.15, 0.2) is 0 Å². The number of nitrogens with zero attached hydrogens (tertiary/aromatic N) is 2. The second kappa shape index (κ2) is 16.2. The first-order valence-electron chi connectivity index (χ1n) is 20.6. The lowest BCUT2D eigenvalue weighted by molar-refractivity contribution is 0.634. The first-order valence-corrected chi connectivity index (χ1v) is 21.0. The number of aliphatic imine (C=N–C) groups is 1. The van der Waals surface area contributed by atoms with Crippen molar-refractivity contribution >= 4 is 44.5 Å². The Morgan fingerprint density at radius 2 is 1.37 bits per heavy atom. The summed E-state index contributed by atoms with van der Waals surface area (Å²) in [5.74, 6) is 0. The molecule has 2 nitrogen and oxygen atoms in total. The second-order valence-electron chi connectivity index (χ2n) is 16.6. The molecule has 1 heterocycles. The molecule has 0 radical (unpaired) electrons. The Morgan fingerprint density at radius 1 is 0.737 bits per heavy atom. The van der Waals surface area contributed by atoms with Crippen molar-refractivity contribution in [1.82, 2.24) is 0 Å². The summed E-state index contributed by atoms with van der Waals surface area (Å²) in [6.45, 7) is 13.1. The zero-order valence-corrected chi connectivity index (χ0v) is 34.8. The molecule has 0 saturated carbocycles. The fourth-order valence-electron chi connectivity index (χ4n) is 9.23. The van der Waals surface area contributed by atoms with Crippen LogP contribution in [0.15, 0.2) is 185 Å². The average Bonchev–Trinajstić information content (AvgIpc) is 3.45. The van der Waals surface area contributed by atoms with Crippen LogP contribution in [0.5, 0.6) is 0 Å². The van der Waals surface area contributed by atoms with Crippen LogP contribution in [0.2, 0.25) is 0 Å². The number of halogens is 1. The Balaban J connectivity index is 1.18. The van der Waals surface area contributed by atoms with Gasteiger partial charge in [-0.3, -0.25) is 4.99 Å². The molecule has 0 spiro atoms. The molecule has 286 valence electrons. The van der Waals surface area contributed by atoms with Crippen LogP contribution in [-0.4, -0.2) is 5.71 Å². The number of hydrogen-bond donors (Lipinski definition) is 0. The topological polar surface area (TPSA) is 15.6 Å². The van der Waals surface area contributed by atoms with Crippen molar-refractivity contribution in [3.63, 3.8) is 0 Å². The molecule has 3 heteroatoms. The van der Waals surface area contributed by atoms with Gasteiger partial charge in [-0.1, -0.05) is 186 Å². The normalized spacial score (nSPS) is 17.4. The van der Waals surface area contributed by atoms with E-state index in [2.05, 4.69) is 197 Å². The number of aryl methyl sites for hydroxylation is 1. The largest absolute Gasteiger partial charge is 0.340 e. The van der Waals surface area contributed by atoms with Crippen molar-refractivity contribution in [2.24, 2.45) is 4.99 Å². The van der Waals surface area contributed by atoms with E-state index in [9.17, 15) is 0 Å². The Labute approximate surface area is 344 Å². The van der Waals surface area contributed by atoms with E-state index in [0.717, 1.165) is 43.0 Å². The van der Waals surface area contributed by atoms with Gasteiger partial charge < -0.3 is 4.90 Å². The van der Waals surface area contributed by atoms with E-state index in [-0.39, 0.29) is 10.8 Å². The first kappa shape index (κ1) is 38.4. The van der Waals surface area contributed by atoms with Gasteiger partial charge in [0.2, 0.25) is 0 Å². The Bertz CT molecular complexity index is 2580. The van der Waals surface area contributed by atoms with Gasteiger partial charge >= 0.3 is 0 Å². The molecule has 0 fully saturated rings. The third kappa shape index (κ3) is 7.56. The number of allylic oxidation sites excluding steroid dienone is 8. The molecule has 0 atom stereocenters. The van der Waals surface area contributed by atoms with Crippen LogP contribution < -0.4 is 4.90 Å². The zero-order chi connectivity index (χ0) is 39.6. The Kier molecular flexibility index (Phi) is 10.9. The SMILES string of the molecule is CCc1ccc2ccccc2c1C(C)(C)C(/C=C/C1=C(Cl)C(=C/C=C2/N(Cc3ccccc3)c3ccc4ccccc4c3C2(C)C)/CCC1)=N/Cc1ccccc1. The van der Waals surface area contributed by atoms with Crippen molar-refractivity contribution < 1.29 is 0 Å². The molecule has 6 aromatic rings. The minimum absolute atomic E-state index is 0.204. The van der Waals surface area contributed by atoms with Crippen molar-refractivity contribution in [1.29, 1.82) is 0 Å². The summed E-state index contributed by atoms with van der Waals surface area (Å²) in [6, 6.07) is 48.1. The summed E-state index contributed by atoms with van der Waals surface area (Å²) < 4.78 is 0. The molecular weight excluding hydrogens is 712 g/mol. The lowest BCUT2D eigenvalue weighted by Gasteiger charge is -2.30. The van der Waals surface area contributed by atoms with E-state index < -0.39 is 0 Å². The van der Waals surface area contributed by atoms with E-state index in [4.69, 9.17) is 16.6 Å². The van der Waals surface area contributed by atoms with Gasteiger partial charge in [0.05, 0.1) is 6.54 Å². The molecule has 0 saturated heterocycles. The number of rotatable bonds is 10. The number of anilines is 1. The summed E-state index contributed by atoms with van der Waals surface area (Å²) in [5.41, 5.74) is 12.0. The molecule has 8 rings (SSSR count). The molecule has 1 aliphatic heterocycles. The molecule has 0 aromatic heterocycles. The van der Waals surface area contributed by atoms with Crippen LogP contribution in [0, 0.1) is 0 Å². The fourth-order valence-corrected chi connectivity index (χ4v) is 9.55. The molecule has 0 N–H and O–H groups in total. The van der Waals surface area contributed by atoms with Gasteiger partial charge in [0.25, 0.3) is 0 Å². The predicted octanol–water partition coefficient (Wildman–Crippen LogP) is 14.5. The van der Waals surface area contributed by atoms with Gasteiger partial charge in [-0.25, -0.2) is 0 Å². The maximum absolute atomic E-state index is 7.43. The molecule has 57 heavy (non-hydrogen) atoms.